The van der Waals surface area contributed by atoms with Crippen LogP contribution in [0.1, 0.15) is 13.8 Å². The lowest BCUT2D eigenvalue weighted by Crippen LogP contribution is -2.21. The average molecular weight is 385 g/mol. The number of aromatic nitrogens is 1. The third-order valence-electron chi connectivity index (χ3n) is 5.58. The zero-order valence-corrected chi connectivity index (χ0v) is 17.6. The number of nitrogens with zero attached hydrogens (tertiary/aromatic N) is 3. The molecule has 0 saturated heterocycles. The van der Waals surface area contributed by atoms with Crippen molar-refractivity contribution in [3.63, 3.8) is 0 Å². The normalized spacial score (nSPS) is 11.2. The monoisotopic (exact) mass is 384 g/mol. The summed E-state index contributed by atoms with van der Waals surface area (Å²) < 4.78 is 0. The molecule has 0 amide bonds. The maximum absolute atomic E-state index is 6.08. The Balaban J connectivity index is 2.01. The van der Waals surface area contributed by atoms with Crippen molar-refractivity contribution in [1.82, 2.24) is 4.98 Å². The molecular weight excluding hydrogens is 356 g/mol. The second-order valence-electron chi connectivity index (χ2n) is 7.58. The Hall–Kier alpha value is -3.27. The molecule has 4 heteroatoms. The fourth-order valence-corrected chi connectivity index (χ4v) is 3.97. The second-order valence-corrected chi connectivity index (χ2v) is 7.58. The highest BCUT2D eigenvalue weighted by atomic mass is 15.1. The molecule has 148 valence electrons. The molecule has 4 aromatic rings. The van der Waals surface area contributed by atoms with Crippen LogP contribution in [0.3, 0.4) is 0 Å². The van der Waals surface area contributed by atoms with Crippen molar-refractivity contribution < 1.29 is 0 Å². The summed E-state index contributed by atoms with van der Waals surface area (Å²) in [5.74, 6) is 0. The van der Waals surface area contributed by atoms with Gasteiger partial charge in [0.25, 0.3) is 0 Å². The number of benzene rings is 3. The molecule has 0 aliphatic rings. The number of rotatable bonds is 5. The minimum Gasteiger partial charge on any atom is -0.399 e. The molecule has 2 N–H and O–H groups in total. The summed E-state index contributed by atoms with van der Waals surface area (Å²) in [5.41, 5.74) is 13.5. The second kappa shape index (κ2) is 7.63. The number of pyridine rings is 1. The lowest BCUT2D eigenvalue weighted by Gasteiger charge is -2.22. The Labute approximate surface area is 172 Å². The van der Waals surface area contributed by atoms with Gasteiger partial charge in [-0.15, -0.1) is 0 Å². The largest absolute Gasteiger partial charge is 0.399 e. The molecule has 0 unspecified atom stereocenters. The standard InChI is InChI=1S/C25H28N4/c1-5-29(6-2)20-12-14-22-24(16-20)27-23-15-18(26)9-13-21(23)25(22)17-7-10-19(11-8-17)28(3)4/h7-16H,5-6,26H2,1-4H3. The van der Waals surface area contributed by atoms with E-state index in [2.05, 4.69) is 86.3 Å². The van der Waals surface area contributed by atoms with Gasteiger partial charge in [0.05, 0.1) is 11.0 Å². The summed E-state index contributed by atoms with van der Waals surface area (Å²) in [6.07, 6.45) is 0. The van der Waals surface area contributed by atoms with E-state index in [9.17, 15) is 0 Å². The number of nitrogen functional groups attached to an aromatic ring is 1. The lowest BCUT2D eigenvalue weighted by molar-refractivity contribution is 0.867. The molecule has 4 nitrogen and oxygen atoms in total. The third-order valence-corrected chi connectivity index (χ3v) is 5.58. The Morgan fingerprint density at radius 3 is 1.97 bits per heavy atom. The van der Waals surface area contributed by atoms with Crippen molar-refractivity contribution in [1.29, 1.82) is 0 Å². The molecule has 0 bridgehead atoms. The van der Waals surface area contributed by atoms with Gasteiger partial charge >= 0.3 is 0 Å². The van der Waals surface area contributed by atoms with Crippen LogP contribution in [0.2, 0.25) is 0 Å². The van der Waals surface area contributed by atoms with E-state index in [1.807, 2.05) is 12.1 Å². The van der Waals surface area contributed by atoms with Gasteiger partial charge in [-0.3, -0.25) is 0 Å². The Bertz CT molecular complexity index is 1160. The van der Waals surface area contributed by atoms with E-state index in [4.69, 9.17) is 10.7 Å². The van der Waals surface area contributed by atoms with Crippen molar-refractivity contribution >= 4 is 38.9 Å². The van der Waals surface area contributed by atoms with Gasteiger partial charge in [0, 0.05) is 60.6 Å². The van der Waals surface area contributed by atoms with Crippen molar-refractivity contribution in [2.75, 3.05) is 42.7 Å². The van der Waals surface area contributed by atoms with E-state index < -0.39 is 0 Å². The van der Waals surface area contributed by atoms with Crippen molar-refractivity contribution in [2.45, 2.75) is 13.8 Å². The van der Waals surface area contributed by atoms with Crippen LogP contribution in [-0.2, 0) is 0 Å². The van der Waals surface area contributed by atoms with Gasteiger partial charge in [-0.1, -0.05) is 24.3 Å². The van der Waals surface area contributed by atoms with Crippen LogP contribution in [0.4, 0.5) is 17.1 Å². The van der Waals surface area contributed by atoms with E-state index in [1.165, 1.54) is 22.5 Å². The van der Waals surface area contributed by atoms with E-state index in [0.717, 1.165) is 40.6 Å². The minimum absolute atomic E-state index is 0.734. The average Bonchev–Trinajstić information content (AvgIpc) is 2.72. The molecule has 1 aromatic heterocycles. The predicted molar refractivity (Wildman–Crippen MR) is 127 cm³/mol. The minimum atomic E-state index is 0.734. The first-order chi connectivity index (χ1) is 14.0. The maximum atomic E-state index is 6.08. The van der Waals surface area contributed by atoms with Crippen molar-refractivity contribution in [2.24, 2.45) is 0 Å². The smallest absolute Gasteiger partial charge is 0.0736 e. The summed E-state index contributed by atoms with van der Waals surface area (Å²) in [6, 6.07) is 21.3. The molecule has 0 radical (unpaired) electrons. The number of nitrogens with two attached hydrogens (primary N) is 1. The molecule has 0 aliphatic carbocycles. The van der Waals surface area contributed by atoms with E-state index >= 15 is 0 Å². The number of fused-ring (bicyclic) bond motifs is 2. The summed E-state index contributed by atoms with van der Waals surface area (Å²) in [6.45, 7) is 6.31. The molecule has 0 saturated carbocycles. The third kappa shape index (κ3) is 3.46. The Morgan fingerprint density at radius 2 is 1.34 bits per heavy atom. The van der Waals surface area contributed by atoms with Crippen LogP contribution < -0.4 is 15.5 Å². The number of hydrogen-bond donors (Lipinski definition) is 1. The quantitative estimate of drug-likeness (QED) is 0.362. The van der Waals surface area contributed by atoms with Crippen LogP contribution >= 0.6 is 0 Å². The number of anilines is 3. The van der Waals surface area contributed by atoms with Crippen LogP contribution in [0, 0.1) is 0 Å². The Kier molecular flexibility index (Phi) is 5.01. The van der Waals surface area contributed by atoms with E-state index in [0.29, 0.717) is 0 Å². The van der Waals surface area contributed by atoms with Gasteiger partial charge in [0.15, 0.2) is 0 Å². The zero-order chi connectivity index (χ0) is 20.5. The first-order valence-corrected chi connectivity index (χ1v) is 10.2. The predicted octanol–water partition coefficient (Wildman–Crippen LogP) is 5.55. The van der Waals surface area contributed by atoms with E-state index in [-0.39, 0.29) is 0 Å². The molecule has 0 atom stereocenters. The molecule has 0 spiro atoms. The lowest BCUT2D eigenvalue weighted by atomic mass is 9.95. The molecule has 0 fully saturated rings. The fourth-order valence-electron chi connectivity index (χ4n) is 3.97. The van der Waals surface area contributed by atoms with Gasteiger partial charge in [0.2, 0.25) is 0 Å². The molecule has 1 heterocycles. The summed E-state index contributed by atoms with van der Waals surface area (Å²) >= 11 is 0. The van der Waals surface area contributed by atoms with Crippen LogP contribution in [0.5, 0.6) is 0 Å². The first kappa shape index (κ1) is 19.1. The van der Waals surface area contributed by atoms with Crippen LogP contribution in [-0.4, -0.2) is 32.2 Å². The highest BCUT2D eigenvalue weighted by Gasteiger charge is 2.13. The highest BCUT2D eigenvalue weighted by molar-refractivity contribution is 6.10. The van der Waals surface area contributed by atoms with Crippen LogP contribution in [0.25, 0.3) is 32.9 Å². The van der Waals surface area contributed by atoms with Gasteiger partial charge in [0.1, 0.15) is 0 Å². The van der Waals surface area contributed by atoms with Crippen LogP contribution in [0.15, 0.2) is 60.7 Å². The van der Waals surface area contributed by atoms with Gasteiger partial charge in [-0.25, -0.2) is 4.98 Å². The van der Waals surface area contributed by atoms with E-state index in [1.54, 1.807) is 0 Å². The van der Waals surface area contributed by atoms with Crippen molar-refractivity contribution in [3.8, 4) is 11.1 Å². The summed E-state index contributed by atoms with van der Waals surface area (Å²) in [7, 11) is 4.12. The Morgan fingerprint density at radius 1 is 0.759 bits per heavy atom. The topological polar surface area (TPSA) is 45.4 Å². The van der Waals surface area contributed by atoms with Gasteiger partial charge in [-0.2, -0.15) is 0 Å². The first-order valence-electron chi connectivity index (χ1n) is 10.2. The zero-order valence-electron chi connectivity index (χ0n) is 17.6. The summed E-state index contributed by atoms with van der Waals surface area (Å²) in [4.78, 5) is 9.43. The molecule has 29 heavy (non-hydrogen) atoms. The SMILES string of the molecule is CCN(CC)c1ccc2c(-c3ccc(N(C)C)cc3)c3ccc(N)cc3nc2c1. The molecular formula is C25H28N4. The maximum Gasteiger partial charge on any atom is 0.0736 e. The van der Waals surface area contributed by atoms with Crippen molar-refractivity contribution in [3.05, 3.63) is 60.7 Å². The van der Waals surface area contributed by atoms with Gasteiger partial charge < -0.3 is 15.5 Å². The van der Waals surface area contributed by atoms with Gasteiger partial charge in [-0.05, 0) is 55.8 Å². The highest BCUT2D eigenvalue weighted by Crippen LogP contribution is 2.37. The molecule has 4 rings (SSSR count). The molecule has 3 aromatic carbocycles. The molecule has 0 aliphatic heterocycles. The number of hydrogen-bond acceptors (Lipinski definition) is 4. The fraction of sp³-hybridized carbons (Fsp3) is 0.240. The summed E-state index contributed by atoms with van der Waals surface area (Å²) in [5, 5.41) is 2.29.